The molecule has 12 heteroatoms. The molecule has 3 aromatic carbocycles. The van der Waals surface area contributed by atoms with Gasteiger partial charge in [0.05, 0.1) is 18.2 Å². The van der Waals surface area contributed by atoms with Crippen molar-refractivity contribution >= 4 is 30.2 Å². The Morgan fingerprint density at radius 1 is 0.979 bits per heavy atom. The first-order chi connectivity index (χ1) is 22.4. The molecule has 3 aromatic rings. The van der Waals surface area contributed by atoms with E-state index < -0.39 is 58.6 Å². The van der Waals surface area contributed by atoms with E-state index in [9.17, 15) is 19.2 Å². The number of hydroxylamine groups is 2. The number of ether oxygens (including phenoxy) is 5. The number of esters is 1. The van der Waals surface area contributed by atoms with Gasteiger partial charge in [-0.3, -0.25) is 4.90 Å². The molecule has 0 aromatic heterocycles. The minimum atomic E-state index is -1.78. The van der Waals surface area contributed by atoms with Crippen LogP contribution in [0.2, 0.25) is 0 Å². The van der Waals surface area contributed by atoms with Gasteiger partial charge in [0.15, 0.2) is 0 Å². The molecule has 1 amide bonds. The fourth-order valence-corrected chi connectivity index (χ4v) is 6.85. The van der Waals surface area contributed by atoms with Crippen LogP contribution in [0.4, 0.5) is 15.3 Å². The third-order valence-corrected chi connectivity index (χ3v) is 8.80. The van der Waals surface area contributed by atoms with Crippen molar-refractivity contribution in [3.8, 4) is 5.75 Å². The number of benzene rings is 3. The number of aldehydes is 1. The van der Waals surface area contributed by atoms with Gasteiger partial charge in [-0.2, -0.15) is 0 Å². The maximum atomic E-state index is 15.0. The first-order valence-electron chi connectivity index (χ1n) is 15.3. The summed E-state index contributed by atoms with van der Waals surface area (Å²) >= 11 is 0. The summed E-state index contributed by atoms with van der Waals surface area (Å²) in [5, 5.41) is 15.0. The second kappa shape index (κ2) is 12.0. The molecular weight excluding hydrogens is 608 g/mol. The van der Waals surface area contributed by atoms with Crippen LogP contribution in [0.15, 0.2) is 72.8 Å². The normalized spacial score (nSPS) is 25.1. The first kappa shape index (κ1) is 32.0. The molecule has 2 saturated heterocycles. The van der Waals surface area contributed by atoms with Crippen molar-refractivity contribution in [3.05, 3.63) is 100 Å². The van der Waals surface area contributed by atoms with E-state index in [2.05, 4.69) is 0 Å². The molecular formula is C35H36N2O10. The minimum Gasteiger partial charge on any atom is -0.627 e. The number of methoxy groups -OCH3 is 1. The number of amides is 1. The molecule has 0 aliphatic carbocycles. The fourth-order valence-electron chi connectivity index (χ4n) is 6.85. The summed E-state index contributed by atoms with van der Waals surface area (Å²) in [6, 6.07) is 18.6. The number of hydrogen-bond acceptors (Lipinski definition) is 10. The predicted octanol–water partition coefficient (Wildman–Crippen LogP) is 5.03. The van der Waals surface area contributed by atoms with Crippen LogP contribution in [0.5, 0.6) is 5.75 Å². The molecule has 3 aliphatic rings. The Morgan fingerprint density at radius 2 is 1.62 bits per heavy atom. The Bertz CT molecular complexity index is 1690. The third kappa shape index (κ3) is 5.79. The molecule has 3 heterocycles. The Balaban J connectivity index is 1.40. The molecule has 246 valence electrons. The van der Waals surface area contributed by atoms with Gasteiger partial charge in [-0.15, -0.1) is 0 Å². The highest BCUT2D eigenvalue weighted by Gasteiger charge is 2.78. The Kier molecular flexibility index (Phi) is 8.18. The van der Waals surface area contributed by atoms with Crippen LogP contribution in [0.3, 0.4) is 0 Å². The molecule has 0 saturated carbocycles. The average Bonchev–Trinajstić information content (AvgIpc) is 3.57. The highest BCUT2D eigenvalue weighted by molar-refractivity contribution is 5.94. The lowest BCUT2D eigenvalue weighted by Crippen LogP contribution is -2.60. The minimum absolute atomic E-state index is 0.0480. The standard InChI is InChI=1S/C35H36N2O10/c1-34(2,3)47-32(40)36-25-17-37(42)26-15-24(31(39)43-4)16-27(44-18-22-11-7-5-8-12-22)28(26)35(20-38,30(37)29(25)36)21-46-33(41)45-19-23-13-9-6-10-14-23/h5-16,20,25,29-30H,17-19,21H2,1-4H3/t25-,29-,30+,35-,36?,37?/m0/s1. The number of piperazine rings is 1. The molecule has 5 atom stereocenters. The smallest absolute Gasteiger partial charge is 0.508 e. The van der Waals surface area contributed by atoms with Crippen LogP contribution < -0.4 is 9.38 Å². The third-order valence-electron chi connectivity index (χ3n) is 8.80. The Morgan fingerprint density at radius 3 is 2.21 bits per heavy atom. The number of hydrogen-bond donors (Lipinski definition) is 0. The van der Waals surface area contributed by atoms with Gasteiger partial charge < -0.3 is 38.3 Å². The predicted molar refractivity (Wildman–Crippen MR) is 168 cm³/mol. The van der Waals surface area contributed by atoms with Crippen LogP contribution >= 0.6 is 0 Å². The van der Waals surface area contributed by atoms with Crippen LogP contribution in [0.25, 0.3) is 0 Å². The van der Waals surface area contributed by atoms with Gasteiger partial charge in [0.2, 0.25) is 0 Å². The summed E-state index contributed by atoms with van der Waals surface area (Å²) in [5.74, 6) is -0.617. The van der Waals surface area contributed by atoms with Crippen LogP contribution in [0.1, 0.15) is 47.8 Å². The Hall–Kier alpha value is -4.94. The summed E-state index contributed by atoms with van der Waals surface area (Å²) in [7, 11) is 1.22. The van der Waals surface area contributed by atoms with E-state index in [1.807, 2.05) is 36.4 Å². The summed E-state index contributed by atoms with van der Waals surface area (Å²) in [4.78, 5) is 53.8. The molecule has 1 unspecified atom stereocenters. The van der Waals surface area contributed by atoms with E-state index in [1.165, 1.54) is 24.1 Å². The van der Waals surface area contributed by atoms with Gasteiger partial charge in [-0.25, -0.2) is 14.4 Å². The van der Waals surface area contributed by atoms with Crippen molar-refractivity contribution < 1.29 is 42.9 Å². The number of carbonyl (C=O) groups is 4. The molecule has 0 N–H and O–H groups in total. The summed E-state index contributed by atoms with van der Waals surface area (Å²) in [6.45, 7) is 4.50. The lowest BCUT2D eigenvalue weighted by molar-refractivity contribution is -0.116. The second-order valence-corrected chi connectivity index (χ2v) is 13.0. The summed E-state index contributed by atoms with van der Waals surface area (Å²) < 4.78 is 26.7. The van der Waals surface area contributed by atoms with Gasteiger partial charge in [0.25, 0.3) is 0 Å². The molecule has 47 heavy (non-hydrogen) atoms. The zero-order chi connectivity index (χ0) is 33.6. The van der Waals surface area contributed by atoms with Crippen molar-refractivity contribution in [3.63, 3.8) is 0 Å². The van der Waals surface area contributed by atoms with Crippen LogP contribution in [-0.4, -0.2) is 73.4 Å². The number of quaternary nitrogens is 1. The summed E-state index contributed by atoms with van der Waals surface area (Å²) in [6.07, 6.45) is -1.08. The van der Waals surface area contributed by atoms with E-state index in [0.29, 0.717) is 6.29 Å². The van der Waals surface area contributed by atoms with E-state index in [1.54, 1.807) is 45.0 Å². The molecule has 12 nitrogen and oxygen atoms in total. The van der Waals surface area contributed by atoms with Gasteiger partial charge in [0, 0.05) is 6.07 Å². The van der Waals surface area contributed by atoms with Crippen molar-refractivity contribution in [2.75, 3.05) is 20.3 Å². The van der Waals surface area contributed by atoms with Crippen molar-refractivity contribution in [2.24, 2.45) is 0 Å². The number of nitrogens with zero attached hydrogens (tertiary/aromatic N) is 2. The van der Waals surface area contributed by atoms with Gasteiger partial charge in [-0.1, -0.05) is 60.7 Å². The number of rotatable bonds is 9. The lowest BCUT2D eigenvalue weighted by atomic mass is 9.76. The van der Waals surface area contributed by atoms with Crippen molar-refractivity contribution in [1.82, 2.24) is 9.55 Å². The molecule has 0 bridgehead atoms. The van der Waals surface area contributed by atoms with Crippen molar-refractivity contribution in [2.45, 2.75) is 63.1 Å². The second-order valence-electron chi connectivity index (χ2n) is 13.0. The maximum absolute atomic E-state index is 15.0. The van der Waals surface area contributed by atoms with E-state index in [0.717, 1.165) is 11.1 Å². The zero-order valence-electron chi connectivity index (χ0n) is 26.5. The van der Waals surface area contributed by atoms with E-state index in [4.69, 9.17) is 23.7 Å². The van der Waals surface area contributed by atoms with Crippen LogP contribution in [-0.2, 0) is 42.4 Å². The molecule has 0 radical (unpaired) electrons. The average molecular weight is 645 g/mol. The summed E-state index contributed by atoms with van der Waals surface area (Å²) in [5.41, 5.74) is -0.711. The molecule has 6 rings (SSSR count). The van der Waals surface area contributed by atoms with Gasteiger partial charge in [0.1, 0.15) is 73.2 Å². The van der Waals surface area contributed by atoms with Gasteiger partial charge >= 0.3 is 18.2 Å². The van der Waals surface area contributed by atoms with E-state index >= 15 is 5.21 Å². The van der Waals surface area contributed by atoms with Gasteiger partial charge in [-0.05, 0) is 38.0 Å². The monoisotopic (exact) mass is 644 g/mol. The molecule has 0 spiro atoms. The first-order valence-corrected chi connectivity index (χ1v) is 15.3. The number of carbonyl (C=O) groups excluding carboxylic acids is 4. The quantitative estimate of drug-likeness (QED) is 0.0778. The van der Waals surface area contributed by atoms with Crippen LogP contribution in [0, 0.1) is 5.21 Å². The molecule has 3 aliphatic heterocycles. The van der Waals surface area contributed by atoms with E-state index in [-0.39, 0.29) is 42.3 Å². The lowest BCUT2D eigenvalue weighted by Gasteiger charge is -2.44. The highest BCUT2D eigenvalue weighted by Crippen LogP contribution is 2.62. The zero-order valence-corrected chi connectivity index (χ0v) is 26.5. The number of fused-ring (bicyclic) bond motifs is 5. The Labute approximate surface area is 271 Å². The largest absolute Gasteiger partial charge is 0.627 e. The fraction of sp³-hybridized carbons (Fsp3) is 0.371. The highest BCUT2D eigenvalue weighted by atomic mass is 16.7. The molecule has 2 fully saturated rings. The van der Waals surface area contributed by atoms with Crippen molar-refractivity contribution in [1.29, 1.82) is 0 Å². The maximum Gasteiger partial charge on any atom is 0.508 e. The SMILES string of the molecule is COC(=O)c1cc(OCc2ccccc2)c2c(c1)[N+]1([O-])C[C@H]3[C@@H]([C@@H]1[C@@]2(C=O)COC(=O)OCc1ccccc1)N3C(=O)OC(C)(C)C. The topological polar surface area (TPSA) is 140 Å².